The number of carbonyl (C=O) groups excluding carboxylic acids is 2. The van der Waals surface area contributed by atoms with Gasteiger partial charge in [0.1, 0.15) is 5.75 Å². The molecule has 0 radical (unpaired) electrons. The highest BCUT2D eigenvalue weighted by molar-refractivity contribution is 5.92. The van der Waals surface area contributed by atoms with Crippen molar-refractivity contribution in [2.45, 2.75) is 19.8 Å². The van der Waals surface area contributed by atoms with Crippen molar-refractivity contribution in [1.29, 1.82) is 0 Å². The summed E-state index contributed by atoms with van der Waals surface area (Å²) in [6.07, 6.45) is 0.935. The first-order chi connectivity index (χ1) is 11.5. The Bertz CT molecular complexity index is 699. The number of benzene rings is 2. The zero-order valence-electron chi connectivity index (χ0n) is 13.5. The molecule has 2 rings (SSSR count). The number of anilines is 3. The van der Waals surface area contributed by atoms with Crippen molar-refractivity contribution in [3.8, 4) is 5.75 Å². The molecule has 2 amide bonds. The van der Waals surface area contributed by atoms with Crippen LogP contribution >= 0.6 is 0 Å². The number of carbonyl (C=O) groups is 2. The summed E-state index contributed by atoms with van der Waals surface area (Å²) in [7, 11) is 0. The zero-order valence-corrected chi connectivity index (χ0v) is 13.5. The van der Waals surface area contributed by atoms with E-state index in [-0.39, 0.29) is 11.8 Å². The topological polar surface area (TPSA) is 93.5 Å². The van der Waals surface area contributed by atoms with Crippen LogP contribution in [0.2, 0.25) is 0 Å². The molecule has 0 aliphatic rings. The summed E-state index contributed by atoms with van der Waals surface area (Å²) in [5, 5.41) is 5.47. The van der Waals surface area contributed by atoms with Crippen molar-refractivity contribution in [3.05, 3.63) is 48.5 Å². The van der Waals surface area contributed by atoms with Gasteiger partial charge >= 0.3 is 0 Å². The third-order valence-corrected chi connectivity index (χ3v) is 3.21. The van der Waals surface area contributed by atoms with Crippen molar-refractivity contribution in [2.75, 3.05) is 23.0 Å². The van der Waals surface area contributed by atoms with E-state index in [2.05, 4.69) is 10.6 Å². The quantitative estimate of drug-likeness (QED) is 0.538. The van der Waals surface area contributed by atoms with Crippen LogP contribution in [-0.2, 0) is 9.59 Å². The molecule has 2 aromatic rings. The third kappa shape index (κ3) is 5.64. The molecule has 6 nitrogen and oxygen atoms in total. The molecule has 24 heavy (non-hydrogen) atoms. The van der Waals surface area contributed by atoms with Crippen LogP contribution in [-0.4, -0.2) is 18.4 Å². The maximum absolute atomic E-state index is 11.9. The molecule has 126 valence electrons. The molecule has 6 heteroatoms. The first kappa shape index (κ1) is 17.3. The van der Waals surface area contributed by atoms with Crippen LogP contribution in [0.5, 0.6) is 5.75 Å². The van der Waals surface area contributed by atoms with E-state index in [4.69, 9.17) is 10.5 Å². The number of nitrogen functional groups attached to an aromatic ring is 1. The Morgan fingerprint density at radius 1 is 1.00 bits per heavy atom. The summed E-state index contributed by atoms with van der Waals surface area (Å²) < 4.78 is 5.54. The number of rotatable bonds is 7. The lowest BCUT2D eigenvalue weighted by Crippen LogP contribution is -2.13. The van der Waals surface area contributed by atoms with Crippen LogP contribution in [0.1, 0.15) is 19.8 Å². The second kappa shape index (κ2) is 8.57. The van der Waals surface area contributed by atoms with Gasteiger partial charge in [-0.25, -0.2) is 0 Å². The molecule has 0 aromatic heterocycles. The molecule has 0 aliphatic heterocycles. The van der Waals surface area contributed by atoms with Crippen molar-refractivity contribution < 1.29 is 14.3 Å². The minimum Gasteiger partial charge on any atom is -0.491 e. The Labute approximate surface area is 141 Å². The van der Waals surface area contributed by atoms with Gasteiger partial charge in [0, 0.05) is 24.7 Å². The third-order valence-electron chi connectivity index (χ3n) is 3.21. The predicted octanol–water partition coefficient (Wildman–Crippen LogP) is 3.02. The van der Waals surface area contributed by atoms with Gasteiger partial charge in [0.2, 0.25) is 11.8 Å². The second-order valence-electron chi connectivity index (χ2n) is 5.30. The van der Waals surface area contributed by atoms with Crippen molar-refractivity contribution in [2.24, 2.45) is 0 Å². The number of nitrogens with two attached hydrogens (primary N) is 1. The molecule has 0 atom stereocenters. The standard InChI is InChI=1S/C18H21N3O3/c1-13(22)20-14-8-10-15(11-9-14)21-18(23)7-4-12-24-17-6-3-2-5-16(17)19/h2-3,5-6,8-11H,4,7,12,19H2,1H3,(H,20,22)(H,21,23). The lowest BCUT2D eigenvalue weighted by atomic mass is 10.2. The summed E-state index contributed by atoms with van der Waals surface area (Å²) in [4.78, 5) is 22.8. The van der Waals surface area contributed by atoms with Gasteiger partial charge in [-0.2, -0.15) is 0 Å². The largest absolute Gasteiger partial charge is 0.491 e. The monoisotopic (exact) mass is 327 g/mol. The van der Waals surface area contributed by atoms with Gasteiger partial charge in [0.25, 0.3) is 0 Å². The van der Waals surface area contributed by atoms with E-state index in [1.807, 2.05) is 12.1 Å². The summed E-state index contributed by atoms with van der Waals surface area (Å²) in [6, 6.07) is 14.2. The Hall–Kier alpha value is -3.02. The van der Waals surface area contributed by atoms with Gasteiger partial charge in [-0.1, -0.05) is 12.1 Å². The van der Waals surface area contributed by atoms with Gasteiger partial charge in [0.05, 0.1) is 12.3 Å². The minimum atomic E-state index is -0.133. The number of hydrogen-bond donors (Lipinski definition) is 3. The Morgan fingerprint density at radius 3 is 2.25 bits per heavy atom. The van der Waals surface area contributed by atoms with Crippen LogP contribution in [0.25, 0.3) is 0 Å². The fourth-order valence-corrected chi connectivity index (χ4v) is 2.09. The van der Waals surface area contributed by atoms with Crippen LogP contribution in [0.4, 0.5) is 17.1 Å². The fraction of sp³-hybridized carbons (Fsp3) is 0.222. The molecular weight excluding hydrogens is 306 g/mol. The van der Waals surface area contributed by atoms with E-state index in [9.17, 15) is 9.59 Å². The summed E-state index contributed by atoms with van der Waals surface area (Å²) in [5.41, 5.74) is 7.73. The number of ether oxygens (including phenoxy) is 1. The van der Waals surface area contributed by atoms with E-state index in [1.54, 1.807) is 36.4 Å². The fourth-order valence-electron chi connectivity index (χ4n) is 2.09. The van der Waals surface area contributed by atoms with Gasteiger partial charge < -0.3 is 21.1 Å². The smallest absolute Gasteiger partial charge is 0.224 e. The first-order valence-electron chi connectivity index (χ1n) is 7.69. The molecule has 0 unspecified atom stereocenters. The van der Waals surface area contributed by atoms with Crippen LogP contribution in [0.3, 0.4) is 0 Å². The van der Waals surface area contributed by atoms with Crippen LogP contribution in [0.15, 0.2) is 48.5 Å². The molecule has 0 saturated heterocycles. The van der Waals surface area contributed by atoms with E-state index in [0.29, 0.717) is 42.3 Å². The average molecular weight is 327 g/mol. The molecular formula is C18H21N3O3. The Balaban J connectivity index is 1.71. The van der Waals surface area contributed by atoms with Gasteiger partial charge in [-0.05, 0) is 42.8 Å². The normalized spacial score (nSPS) is 10.0. The van der Waals surface area contributed by atoms with Crippen LogP contribution < -0.4 is 21.1 Å². The van der Waals surface area contributed by atoms with E-state index < -0.39 is 0 Å². The van der Waals surface area contributed by atoms with Gasteiger partial charge in [-0.15, -0.1) is 0 Å². The summed E-state index contributed by atoms with van der Waals surface area (Å²) >= 11 is 0. The Morgan fingerprint density at radius 2 is 1.62 bits per heavy atom. The van der Waals surface area contributed by atoms with E-state index in [0.717, 1.165) is 0 Å². The molecule has 4 N–H and O–H groups in total. The van der Waals surface area contributed by atoms with Gasteiger partial charge in [0.15, 0.2) is 0 Å². The maximum atomic E-state index is 11.9. The van der Waals surface area contributed by atoms with Gasteiger partial charge in [-0.3, -0.25) is 9.59 Å². The molecule has 0 spiro atoms. The summed E-state index contributed by atoms with van der Waals surface area (Å²) in [5.74, 6) is 0.407. The lowest BCUT2D eigenvalue weighted by Gasteiger charge is -2.09. The second-order valence-corrected chi connectivity index (χ2v) is 5.30. The van der Waals surface area contributed by atoms with E-state index >= 15 is 0 Å². The molecule has 0 fully saturated rings. The maximum Gasteiger partial charge on any atom is 0.224 e. The van der Waals surface area contributed by atoms with Crippen molar-refractivity contribution in [1.82, 2.24) is 0 Å². The highest BCUT2D eigenvalue weighted by Gasteiger charge is 2.04. The molecule has 0 aliphatic carbocycles. The highest BCUT2D eigenvalue weighted by Crippen LogP contribution is 2.20. The molecule has 2 aromatic carbocycles. The first-order valence-corrected chi connectivity index (χ1v) is 7.69. The summed E-state index contributed by atoms with van der Waals surface area (Å²) in [6.45, 7) is 1.87. The highest BCUT2D eigenvalue weighted by atomic mass is 16.5. The number of hydrogen-bond acceptors (Lipinski definition) is 4. The SMILES string of the molecule is CC(=O)Nc1ccc(NC(=O)CCCOc2ccccc2N)cc1. The number of para-hydroxylation sites is 2. The number of amides is 2. The zero-order chi connectivity index (χ0) is 17.4. The number of nitrogens with one attached hydrogen (secondary N) is 2. The predicted molar refractivity (Wildman–Crippen MR) is 95.0 cm³/mol. The molecule has 0 heterocycles. The molecule has 0 bridgehead atoms. The van der Waals surface area contributed by atoms with Crippen LogP contribution in [0, 0.1) is 0 Å². The lowest BCUT2D eigenvalue weighted by molar-refractivity contribution is -0.116. The van der Waals surface area contributed by atoms with Crippen molar-refractivity contribution in [3.63, 3.8) is 0 Å². The van der Waals surface area contributed by atoms with E-state index in [1.165, 1.54) is 6.92 Å². The van der Waals surface area contributed by atoms with Crippen molar-refractivity contribution >= 4 is 28.9 Å². The Kier molecular flexibility index (Phi) is 6.19. The average Bonchev–Trinajstić information content (AvgIpc) is 2.54. The minimum absolute atomic E-state index is 0.0908. The molecule has 0 saturated carbocycles.